The number of isothiocyanates is 1. The Bertz CT molecular complexity index is 380. The Kier molecular flexibility index (Phi) is 6.01. The first-order valence-electron chi connectivity index (χ1n) is 5.67. The molecular formula is C13H19N3S. The fourth-order valence-electron chi connectivity index (χ4n) is 1.70. The summed E-state index contributed by atoms with van der Waals surface area (Å²) in [6.07, 6.45) is 1.08. The van der Waals surface area contributed by atoms with Gasteiger partial charge in [-0.15, -0.1) is 0 Å². The molecule has 1 atom stereocenters. The van der Waals surface area contributed by atoms with Crippen molar-refractivity contribution in [2.24, 2.45) is 4.99 Å². The maximum atomic E-state index is 4.58. The lowest BCUT2D eigenvalue weighted by molar-refractivity contribution is 0.368. The molecule has 1 aromatic carbocycles. The first-order valence-corrected chi connectivity index (χ1v) is 6.08. The van der Waals surface area contributed by atoms with Crippen molar-refractivity contribution in [3.63, 3.8) is 0 Å². The highest BCUT2D eigenvalue weighted by Gasteiger charge is 2.08. The van der Waals surface area contributed by atoms with E-state index in [0.717, 1.165) is 18.7 Å². The Morgan fingerprint density at radius 2 is 2.00 bits per heavy atom. The van der Waals surface area contributed by atoms with Crippen molar-refractivity contribution in [1.82, 2.24) is 10.2 Å². The van der Waals surface area contributed by atoms with Crippen LogP contribution in [0.3, 0.4) is 0 Å². The van der Waals surface area contributed by atoms with E-state index < -0.39 is 0 Å². The molecule has 1 rings (SSSR count). The third-order valence-corrected chi connectivity index (χ3v) is 2.77. The monoisotopic (exact) mass is 249 g/mol. The Labute approximate surface area is 109 Å². The van der Waals surface area contributed by atoms with Crippen LogP contribution < -0.4 is 5.32 Å². The number of aliphatic imine (C=N–C) groups is 1. The summed E-state index contributed by atoms with van der Waals surface area (Å²) in [5.74, 6) is 0. The third-order valence-electron chi connectivity index (χ3n) is 2.68. The fourth-order valence-corrected chi connectivity index (χ4v) is 1.80. The van der Waals surface area contributed by atoms with Crippen molar-refractivity contribution in [1.29, 1.82) is 0 Å². The molecule has 3 nitrogen and oxygen atoms in total. The number of hydrogen-bond acceptors (Lipinski definition) is 4. The van der Waals surface area contributed by atoms with Crippen LogP contribution in [0, 0.1) is 0 Å². The molecule has 0 aliphatic heterocycles. The first kappa shape index (κ1) is 14.0. The van der Waals surface area contributed by atoms with Crippen molar-refractivity contribution in [3.05, 3.63) is 29.8 Å². The molecule has 0 spiro atoms. The fraction of sp³-hybridized carbons (Fsp3) is 0.462. The Morgan fingerprint density at radius 3 is 2.47 bits per heavy atom. The van der Waals surface area contributed by atoms with Gasteiger partial charge in [-0.3, -0.25) is 0 Å². The van der Waals surface area contributed by atoms with Gasteiger partial charge in [0.1, 0.15) is 0 Å². The molecule has 92 valence electrons. The molecule has 0 aliphatic rings. The minimum absolute atomic E-state index is 0.378. The van der Waals surface area contributed by atoms with Crippen molar-refractivity contribution in [2.45, 2.75) is 12.5 Å². The maximum Gasteiger partial charge on any atom is 0.0739 e. The zero-order valence-corrected chi connectivity index (χ0v) is 11.4. The summed E-state index contributed by atoms with van der Waals surface area (Å²) in [5.41, 5.74) is 2.13. The zero-order valence-electron chi connectivity index (χ0n) is 10.6. The summed E-state index contributed by atoms with van der Waals surface area (Å²) >= 11 is 4.58. The SMILES string of the molecule is CNC(CCN(C)C)c1ccc(N=C=S)cc1. The van der Waals surface area contributed by atoms with Crippen LogP contribution in [0.5, 0.6) is 0 Å². The number of thiocarbonyl (C=S) groups is 1. The van der Waals surface area contributed by atoms with Crippen LogP contribution in [-0.4, -0.2) is 37.7 Å². The van der Waals surface area contributed by atoms with Gasteiger partial charge in [-0.2, -0.15) is 4.99 Å². The number of benzene rings is 1. The predicted molar refractivity (Wildman–Crippen MR) is 76.1 cm³/mol. The Hall–Kier alpha value is -1.06. The minimum Gasteiger partial charge on any atom is -0.313 e. The molecule has 1 aromatic rings. The Balaban J connectivity index is 2.71. The van der Waals surface area contributed by atoms with E-state index in [4.69, 9.17) is 0 Å². The van der Waals surface area contributed by atoms with Gasteiger partial charge in [0.15, 0.2) is 0 Å². The summed E-state index contributed by atoms with van der Waals surface area (Å²) in [4.78, 5) is 6.13. The molecule has 4 heteroatoms. The van der Waals surface area contributed by atoms with Crippen LogP contribution in [0.25, 0.3) is 0 Å². The van der Waals surface area contributed by atoms with Crippen molar-refractivity contribution >= 4 is 23.1 Å². The maximum absolute atomic E-state index is 4.58. The second kappa shape index (κ2) is 7.30. The van der Waals surface area contributed by atoms with Crippen LogP contribution in [0.15, 0.2) is 29.3 Å². The lowest BCUT2D eigenvalue weighted by Gasteiger charge is -2.19. The van der Waals surface area contributed by atoms with Gasteiger partial charge in [-0.05, 0) is 64.0 Å². The van der Waals surface area contributed by atoms with E-state index in [1.165, 1.54) is 5.56 Å². The molecule has 1 unspecified atom stereocenters. The van der Waals surface area contributed by atoms with Gasteiger partial charge in [-0.1, -0.05) is 12.1 Å². The molecule has 0 radical (unpaired) electrons. The lowest BCUT2D eigenvalue weighted by Crippen LogP contribution is -2.22. The van der Waals surface area contributed by atoms with Crippen LogP contribution >= 0.6 is 12.2 Å². The van der Waals surface area contributed by atoms with Crippen LogP contribution in [0.2, 0.25) is 0 Å². The van der Waals surface area contributed by atoms with E-state index in [-0.39, 0.29) is 0 Å². The number of rotatable bonds is 6. The smallest absolute Gasteiger partial charge is 0.0739 e. The molecule has 0 aromatic heterocycles. The standard InChI is InChI=1S/C13H19N3S/c1-14-13(8-9-16(2)3)11-4-6-12(7-5-11)15-10-17/h4-7,13-14H,8-9H2,1-3H3. The van der Waals surface area contributed by atoms with Crippen molar-refractivity contribution < 1.29 is 0 Å². The molecule has 0 fully saturated rings. The second-order valence-electron chi connectivity index (χ2n) is 4.23. The average molecular weight is 249 g/mol. The summed E-state index contributed by atoms with van der Waals surface area (Å²) in [7, 11) is 6.16. The van der Waals surface area contributed by atoms with Gasteiger partial charge >= 0.3 is 0 Å². The van der Waals surface area contributed by atoms with E-state index in [1.54, 1.807) is 0 Å². The summed E-state index contributed by atoms with van der Waals surface area (Å²) in [6, 6.07) is 8.48. The summed E-state index contributed by atoms with van der Waals surface area (Å²) in [5, 5.41) is 5.70. The molecule has 1 N–H and O–H groups in total. The molecule has 0 amide bonds. The van der Waals surface area contributed by atoms with E-state index in [9.17, 15) is 0 Å². The molecule has 0 bridgehead atoms. The summed E-state index contributed by atoms with van der Waals surface area (Å²) in [6.45, 7) is 1.06. The molecular weight excluding hydrogens is 230 g/mol. The van der Waals surface area contributed by atoms with Gasteiger partial charge in [0.2, 0.25) is 0 Å². The van der Waals surface area contributed by atoms with E-state index in [0.29, 0.717) is 6.04 Å². The number of nitrogens with one attached hydrogen (secondary N) is 1. The van der Waals surface area contributed by atoms with Crippen LogP contribution in [0.4, 0.5) is 5.69 Å². The molecule has 17 heavy (non-hydrogen) atoms. The number of nitrogens with zero attached hydrogens (tertiary/aromatic N) is 2. The Morgan fingerprint density at radius 1 is 1.35 bits per heavy atom. The molecule has 0 aliphatic carbocycles. The molecule has 0 heterocycles. The normalized spacial score (nSPS) is 12.2. The van der Waals surface area contributed by atoms with E-state index in [2.05, 4.69) is 58.8 Å². The van der Waals surface area contributed by atoms with E-state index >= 15 is 0 Å². The quantitative estimate of drug-likeness (QED) is 0.620. The van der Waals surface area contributed by atoms with Crippen LogP contribution in [-0.2, 0) is 0 Å². The van der Waals surface area contributed by atoms with Gasteiger partial charge in [0.05, 0.1) is 10.8 Å². The highest BCUT2D eigenvalue weighted by atomic mass is 32.1. The van der Waals surface area contributed by atoms with Gasteiger partial charge in [0, 0.05) is 6.04 Å². The van der Waals surface area contributed by atoms with Gasteiger partial charge in [0.25, 0.3) is 0 Å². The van der Waals surface area contributed by atoms with E-state index in [1.807, 2.05) is 19.2 Å². The number of hydrogen-bond donors (Lipinski definition) is 1. The highest BCUT2D eigenvalue weighted by Crippen LogP contribution is 2.20. The first-order chi connectivity index (χ1) is 8.17. The molecule has 0 saturated carbocycles. The third kappa shape index (κ3) is 4.75. The van der Waals surface area contributed by atoms with Gasteiger partial charge in [-0.25, -0.2) is 0 Å². The predicted octanol–water partition coefficient (Wildman–Crippen LogP) is 2.63. The average Bonchev–Trinajstić information content (AvgIpc) is 2.32. The second-order valence-corrected chi connectivity index (χ2v) is 4.41. The largest absolute Gasteiger partial charge is 0.313 e. The van der Waals surface area contributed by atoms with Gasteiger partial charge < -0.3 is 10.2 Å². The van der Waals surface area contributed by atoms with Crippen molar-refractivity contribution in [3.8, 4) is 0 Å². The minimum atomic E-state index is 0.378. The highest BCUT2D eigenvalue weighted by molar-refractivity contribution is 7.78. The molecule has 0 saturated heterocycles. The summed E-state index contributed by atoms with van der Waals surface area (Å²) < 4.78 is 0. The van der Waals surface area contributed by atoms with Crippen molar-refractivity contribution in [2.75, 3.05) is 27.7 Å². The topological polar surface area (TPSA) is 27.6 Å². The lowest BCUT2D eigenvalue weighted by atomic mass is 10.0. The van der Waals surface area contributed by atoms with Crippen LogP contribution in [0.1, 0.15) is 18.0 Å². The zero-order chi connectivity index (χ0) is 12.7.